The summed E-state index contributed by atoms with van der Waals surface area (Å²) in [5.41, 5.74) is 1.64. The Kier molecular flexibility index (Phi) is 4.88. The van der Waals surface area contributed by atoms with Gasteiger partial charge in [-0.15, -0.1) is 0 Å². The number of carbonyl (C=O) groups is 1. The van der Waals surface area contributed by atoms with Crippen LogP contribution in [0.25, 0.3) is 27.4 Å². The van der Waals surface area contributed by atoms with E-state index in [9.17, 15) is 14.0 Å². The minimum absolute atomic E-state index is 0.153. The van der Waals surface area contributed by atoms with Crippen LogP contribution in [0.5, 0.6) is 0 Å². The quantitative estimate of drug-likeness (QED) is 0.359. The van der Waals surface area contributed by atoms with E-state index in [1.165, 1.54) is 28.8 Å². The minimum Gasteiger partial charge on any atom is -0.331 e. The number of carbonyl (C=O) groups excluding carboxylic acids is 1. The van der Waals surface area contributed by atoms with E-state index in [-0.39, 0.29) is 16.2 Å². The predicted octanol–water partition coefficient (Wildman–Crippen LogP) is 5.59. The topological polar surface area (TPSA) is 66.9 Å². The van der Waals surface area contributed by atoms with Crippen LogP contribution in [0.4, 0.5) is 10.1 Å². The zero-order chi connectivity index (χ0) is 22.2. The molecule has 7 heteroatoms. The Morgan fingerprint density at radius 1 is 0.906 bits per heavy atom. The zero-order valence-corrected chi connectivity index (χ0v) is 17.4. The Morgan fingerprint density at radius 2 is 1.66 bits per heavy atom. The van der Waals surface area contributed by atoms with Crippen LogP contribution in [0, 0.1) is 10.6 Å². The second kappa shape index (κ2) is 7.86. The first-order valence-corrected chi connectivity index (χ1v) is 10.3. The number of fused-ring (bicyclic) bond motifs is 2. The number of H-pyrrole nitrogens is 1. The molecule has 0 saturated carbocycles. The number of amides is 1. The van der Waals surface area contributed by atoms with Gasteiger partial charge in [-0.3, -0.25) is 14.2 Å². The summed E-state index contributed by atoms with van der Waals surface area (Å²) in [7, 11) is 0. The van der Waals surface area contributed by atoms with Gasteiger partial charge in [0.2, 0.25) is 0 Å². The van der Waals surface area contributed by atoms with Crippen LogP contribution in [-0.2, 0) is 0 Å². The molecule has 156 valence electrons. The molecule has 0 atom stereocenters. The molecule has 0 aliphatic carbocycles. The van der Waals surface area contributed by atoms with Gasteiger partial charge < -0.3 is 10.3 Å². The van der Waals surface area contributed by atoms with Crippen molar-refractivity contribution in [2.75, 3.05) is 5.32 Å². The van der Waals surface area contributed by atoms with Crippen LogP contribution in [0.1, 0.15) is 10.4 Å². The second-order valence-corrected chi connectivity index (χ2v) is 7.68. The van der Waals surface area contributed by atoms with Crippen LogP contribution in [-0.4, -0.2) is 15.5 Å². The van der Waals surface area contributed by atoms with Crippen molar-refractivity contribution in [2.45, 2.75) is 0 Å². The van der Waals surface area contributed by atoms with E-state index in [0.29, 0.717) is 27.8 Å². The van der Waals surface area contributed by atoms with Crippen molar-refractivity contribution in [3.63, 3.8) is 0 Å². The maximum absolute atomic E-state index is 13.3. The van der Waals surface area contributed by atoms with E-state index in [2.05, 4.69) is 10.3 Å². The number of hydrogen-bond acceptors (Lipinski definition) is 3. The number of rotatable bonds is 3. The van der Waals surface area contributed by atoms with Gasteiger partial charge in [-0.1, -0.05) is 36.4 Å². The lowest BCUT2D eigenvalue weighted by Gasteiger charge is -2.11. The third kappa shape index (κ3) is 3.48. The summed E-state index contributed by atoms with van der Waals surface area (Å²) in [6.07, 6.45) is 0. The molecule has 5 aromatic rings. The fourth-order valence-corrected chi connectivity index (χ4v) is 4.01. The molecule has 1 amide bonds. The van der Waals surface area contributed by atoms with Gasteiger partial charge in [-0.25, -0.2) is 4.39 Å². The number of hydrogen-bond donors (Lipinski definition) is 2. The molecule has 0 aliphatic heterocycles. The van der Waals surface area contributed by atoms with Crippen LogP contribution >= 0.6 is 12.2 Å². The normalized spacial score (nSPS) is 11.0. The molecular formula is C25H16FN3O2S. The molecule has 0 bridgehead atoms. The molecule has 0 saturated heterocycles. The molecule has 5 nitrogen and oxygen atoms in total. The highest BCUT2D eigenvalue weighted by molar-refractivity contribution is 7.71. The van der Waals surface area contributed by atoms with Crippen LogP contribution in [0.3, 0.4) is 0 Å². The highest BCUT2D eigenvalue weighted by Gasteiger charge is 2.13. The third-order valence-electron chi connectivity index (χ3n) is 5.28. The molecule has 0 spiro atoms. The number of anilines is 1. The van der Waals surface area contributed by atoms with E-state index >= 15 is 0 Å². The number of benzene rings is 4. The lowest BCUT2D eigenvalue weighted by molar-refractivity contribution is 0.102. The van der Waals surface area contributed by atoms with Gasteiger partial charge in [0.1, 0.15) is 5.82 Å². The lowest BCUT2D eigenvalue weighted by Crippen LogP contribution is -2.21. The van der Waals surface area contributed by atoms with Crippen molar-refractivity contribution < 1.29 is 9.18 Å². The highest BCUT2D eigenvalue weighted by atomic mass is 32.1. The van der Waals surface area contributed by atoms with Crippen molar-refractivity contribution in [3.8, 4) is 5.69 Å². The fraction of sp³-hybridized carbons (Fsp3) is 0. The van der Waals surface area contributed by atoms with Gasteiger partial charge in [-0.2, -0.15) is 0 Å². The van der Waals surface area contributed by atoms with E-state index in [0.717, 1.165) is 10.8 Å². The van der Waals surface area contributed by atoms with Gasteiger partial charge in [-0.05, 0) is 66.1 Å². The van der Waals surface area contributed by atoms with Crippen molar-refractivity contribution >= 4 is 45.5 Å². The molecule has 1 aromatic heterocycles. The Hall–Kier alpha value is -4.10. The number of nitrogens with zero attached hydrogens (tertiary/aromatic N) is 1. The molecular weight excluding hydrogens is 425 g/mol. The van der Waals surface area contributed by atoms with Gasteiger partial charge >= 0.3 is 0 Å². The highest BCUT2D eigenvalue weighted by Crippen LogP contribution is 2.24. The van der Waals surface area contributed by atoms with Crippen molar-refractivity contribution in [1.82, 2.24) is 9.55 Å². The van der Waals surface area contributed by atoms with Crippen molar-refractivity contribution in [3.05, 3.63) is 111 Å². The first-order chi connectivity index (χ1) is 15.5. The summed E-state index contributed by atoms with van der Waals surface area (Å²) in [5.74, 6) is -0.704. The first kappa shape index (κ1) is 19.8. The van der Waals surface area contributed by atoms with Gasteiger partial charge in [0, 0.05) is 16.6 Å². The Morgan fingerprint density at radius 3 is 2.47 bits per heavy atom. The van der Waals surface area contributed by atoms with E-state index in [1.54, 1.807) is 18.2 Å². The molecule has 0 radical (unpaired) electrons. The molecule has 32 heavy (non-hydrogen) atoms. The van der Waals surface area contributed by atoms with Gasteiger partial charge in [0.05, 0.1) is 16.6 Å². The maximum Gasteiger partial charge on any atom is 0.266 e. The Bertz CT molecular complexity index is 1620. The summed E-state index contributed by atoms with van der Waals surface area (Å²) >= 11 is 5.36. The summed E-state index contributed by atoms with van der Waals surface area (Å²) in [6.45, 7) is 0. The largest absolute Gasteiger partial charge is 0.331 e. The predicted molar refractivity (Wildman–Crippen MR) is 127 cm³/mol. The monoisotopic (exact) mass is 441 g/mol. The SMILES string of the molecule is O=C(Nc1cccc2ccccc12)c1ccc2c(=O)n(-c3ccc(F)cc3)c(=S)[nH]c2c1. The molecule has 0 unspecified atom stereocenters. The molecule has 0 fully saturated rings. The van der Waals surface area contributed by atoms with E-state index in [1.807, 2.05) is 42.5 Å². The fourth-order valence-electron chi connectivity index (χ4n) is 3.71. The second-order valence-electron chi connectivity index (χ2n) is 7.29. The lowest BCUT2D eigenvalue weighted by atomic mass is 10.1. The van der Waals surface area contributed by atoms with Crippen LogP contribution in [0.15, 0.2) is 89.7 Å². The Balaban J connectivity index is 1.54. The third-order valence-corrected chi connectivity index (χ3v) is 5.57. The van der Waals surface area contributed by atoms with Gasteiger partial charge in [0.15, 0.2) is 4.77 Å². The van der Waals surface area contributed by atoms with E-state index in [4.69, 9.17) is 12.2 Å². The molecule has 5 rings (SSSR count). The molecule has 4 aromatic carbocycles. The maximum atomic E-state index is 13.3. The molecule has 2 N–H and O–H groups in total. The molecule has 0 aliphatic rings. The number of aromatic nitrogens is 2. The summed E-state index contributed by atoms with van der Waals surface area (Å²) in [5, 5.41) is 5.26. The van der Waals surface area contributed by atoms with E-state index < -0.39 is 5.82 Å². The number of aromatic amines is 1. The summed E-state index contributed by atoms with van der Waals surface area (Å²) < 4.78 is 14.7. The standard InChI is InChI=1S/C25H16FN3O2S/c26-17-9-11-18(12-10-17)29-24(31)20-13-8-16(14-22(20)28-25(29)32)23(30)27-21-7-3-5-15-4-1-2-6-19(15)21/h1-14H,(H,27,30)(H,28,32). The smallest absolute Gasteiger partial charge is 0.266 e. The minimum atomic E-state index is -0.403. The zero-order valence-electron chi connectivity index (χ0n) is 16.6. The number of nitrogens with one attached hydrogen (secondary N) is 2. The van der Waals surface area contributed by atoms with Crippen molar-refractivity contribution in [1.29, 1.82) is 0 Å². The summed E-state index contributed by atoms with van der Waals surface area (Å²) in [4.78, 5) is 29.0. The average Bonchev–Trinajstić information content (AvgIpc) is 2.80. The van der Waals surface area contributed by atoms with Gasteiger partial charge in [0.25, 0.3) is 11.5 Å². The summed E-state index contributed by atoms with van der Waals surface area (Å²) in [6, 6.07) is 23.8. The van der Waals surface area contributed by atoms with Crippen LogP contribution < -0.4 is 10.9 Å². The number of halogens is 1. The van der Waals surface area contributed by atoms with Crippen molar-refractivity contribution in [2.24, 2.45) is 0 Å². The first-order valence-electron chi connectivity index (χ1n) is 9.85. The average molecular weight is 441 g/mol. The van der Waals surface area contributed by atoms with Crippen LogP contribution in [0.2, 0.25) is 0 Å². The Labute approximate surface area is 186 Å². The molecule has 1 heterocycles.